The van der Waals surface area contributed by atoms with Gasteiger partial charge in [-0.2, -0.15) is 0 Å². The largest absolute Gasteiger partial charge is 0.497 e. The summed E-state index contributed by atoms with van der Waals surface area (Å²) in [7, 11) is 1.65. The van der Waals surface area contributed by atoms with E-state index in [-0.39, 0.29) is 19.2 Å². The first-order valence-corrected chi connectivity index (χ1v) is 15.5. The lowest BCUT2D eigenvalue weighted by atomic mass is 9.91. The van der Waals surface area contributed by atoms with E-state index in [0.717, 1.165) is 17.7 Å². The van der Waals surface area contributed by atoms with Gasteiger partial charge in [0, 0.05) is 21.4 Å². The lowest BCUT2D eigenvalue weighted by Gasteiger charge is -2.33. The van der Waals surface area contributed by atoms with Gasteiger partial charge in [0.2, 0.25) is 0 Å². The van der Waals surface area contributed by atoms with Gasteiger partial charge in [0.1, 0.15) is 28.8 Å². The van der Waals surface area contributed by atoms with Gasteiger partial charge in [-0.3, -0.25) is 4.79 Å². The number of carbonyl (C=O) groups is 1. The van der Waals surface area contributed by atoms with Crippen LogP contribution in [0.15, 0.2) is 82.6 Å². The minimum absolute atomic E-state index is 0.190. The van der Waals surface area contributed by atoms with Crippen LogP contribution in [0.5, 0.6) is 11.5 Å². The van der Waals surface area contributed by atoms with E-state index in [9.17, 15) is 4.79 Å². The van der Waals surface area contributed by atoms with E-state index in [1.807, 2.05) is 39.0 Å². The van der Waals surface area contributed by atoms with Crippen LogP contribution in [0.2, 0.25) is 0 Å². The molecule has 0 amide bonds. The summed E-state index contributed by atoms with van der Waals surface area (Å²) in [6, 6.07) is 25.1. The van der Waals surface area contributed by atoms with Gasteiger partial charge in [0.25, 0.3) is 0 Å². The van der Waals surface area contributed by atoms with Gasteiger partial charge in [0.05, 0.1) is 12.5 Å². The number of hydrogen-bond acceptors (Lipinski definition) is 7. The van der Waals surface area contributed by atoms with Crippen molar-refractivity contribution in [1.29, 1.82) is 0 Å². The molecule has 3 rings (SSSR count). The summed E-state index contributed by atoms with van der Waals surface area (Å²) >= 11 is 5.27. The summed E-state index contributed by atoms with van der Waals surface area (Å²) in [6.07, 6.45) is 4.96. The number of methoxy groups -OCH3 is 1. The molecule has 37 heavy (non-hydrogen) atoms. The van der Waals surface area contributed by atoms with E-state index in [1.165, 1.54) is 15.4 Å². The summed E-state index contributed by atoms with van der Waals surface area (Å²) in [6.45, 7) is 6.22. The Balaban J connectivity index is 1.85. The van der Waals surface area contributed by atoms with Crippen LogP contribution in [-0.4, -0.2) is 38.8 Å². The summed E-state index contributed by atoms with van der Waals surface area (Å²) in [5.74, 6) is 1.23. The second-order valence-electron chi connectivity index (χ2n) is 9.05. The van der Waals surface area contributed by atoms with Gasteiger partial charge in [-0.25, -0.2) is 0 Å². The molecule has 0 saturated carbocycles. The maximum atomic E-state index is 12.3. The first-order valence-electron chi connectivity index (χ1n) is 12.2. The molecule has 198 valence electrons. The summed E-state index contributed by atoms with van der Waals surface area (Å²) in [5, 5.41) is 0. The second kappa shape index (κ2) is 13.5. The third-order valence-electron chi connectivity index (χ3n) is 6.34. The molecule has 0 unspecified atom stereocenters. The molecule has 0 heterocycles. The molecule has 0 N–H and O–H groups in total. The fraction of sp³-hybridized carbons (Fsp3) is 0.367. The van der Waals surface area contributed by atoms with Gasteiger partial charge in [-0.05, 0) is 74.7 Å². The number of benzene rings is 3. The lowest BCUT2D eigenvalue weighted by molar-refractivity contribution is -0.154. The van der Waals surface area contributed by atoms with Gasteiger partial charge >= 0.3 is 5.97 Å². The van der Waals surface area contributed by atoms with Gasteiger partial charge < -0.3 is 14.2 Å². The van der Waals surface area contributed by atoms with Crippen molar-refractivity contribution in [2.24, 2.45) is 5.41 Å². The zero-order valence-electron chi connectivity index (χ0n) is 22.4. The zero-order chi connectivity index (χ0) is 26.9. The Morgan fingerprint density at radius 3 is 2.11 bits per heavy atom. The van der Waals surface area contributed by atoms with Crippen LogP contribution in [0.3, 0.4) is 0 Å². The Morgan fingerprint density at radius 2 is 1.51 bits per heavy atom. The number of thioether (sulfide) groups is 2. The Labute approximate surface area is 234 Å². The Hall–Kier alpha value is -2.22. The molecule has 0 fully saturated rings. The number of hydrogen-bond donors (Lipinski definition) is 0. The number of ether oxygens (including phenoxy) is 3. The predicted octanol–water partition coefficient (Wildman–Crippen LogP) is 8.13. The quantitative estimate of drug-likeness (QED) is 0.120. The molecule has 0 radical (unpaired) electrons. The maximum absolute atomic E-state index is 12.3. The SMILES string of the molecule is CCC(C)(C)C(=O)OCCOc1cc(OC)ccc1C(SC)(SC)c1ccc(Sc2ccccc2)cc1. The molecule has 3 aromatic carbocycles. The summed E-state index contributed by atoms with van der Waals surface area (Å²) in [4.78, 5) is 14.8. The topological polar surface area (TPSA) is 44.8 Å². The van der Waals surface area contributed by atoms with Crippen molar-refractivity contribution < 1.29 is 19.0 Å². The monoisotopic (exact) mass is 556 g/mol. The van der Waals surface area contributed by atoms with E-state index in [0.29, 0.717) is 5.75 Å². The van der Waals surface area contributed by atoms with Crippen molar-refractivity contribution in [2.45, 2.75) is 41.1 Å². The molecule has 3 aromatic rings. The molecule has 0 atom stereocenters. The highest BCUT2D eigenvalue weighted by Crippen LogP contribution is 2.53. The van der Waals surface area contributed by atoms with Crippen molar-refractivity contribution >= 4 is 41.3 Å². The highest BCUT2D eigenvalue weighted by atomic mass is 32.2. The van der Waals surface area contributed by atoms with Gasteiger partial charge in [0.15, 0.2) is 0 Å². The molecule has 0 aliphatic rings. The first kappa shape index (κ1) is 29.3. The van der Waals surface area contributed by atoms with Gasteiger partial charge in [-0.15, -0.1) is 23.5 Å². The van der Waals surface area contributed by atoms with E-state index in [4.69, 9.17) is 14.2 Å². The van der Waals surface area contributed by atoms with Crippen LogP contribution in [-0.2, 0) is 13.6 Å². The van der Waals surface area contributed by atoms with Crippen molar-refractivity contribution in [1.82, 2.24) is 0 Å². The Bertz CT molecular complexity index is 1140. The standard InChI is InChI=1S/C30H36O4S3/c1-7-29(2,3)28(31)34-20-19-33-27-21-23(32-4)15-18-26(27)30(35-5,36-6)22-13-16-25(17-14-22)37-24-11-9-8-10-12-24/h8-18,21H,7,19-20H2,1-6H3. The fourth-order valence-corrected chi connectivity index (χ4v) is 6.73. The molecule has 0 aliphatic heterocycles. The summed E-state index contributed by atoms with van der Waals surface area (Å²) < 4.78 is 16.8. The van der Waals surface area contributed by atoms with Crippen LogP contribution in [0.25, 0.3) is 0 Å². The van der Waals surface area contributed by atoms with E-state index >= 15 is 0 Å². The predicted molar refractivity (Wildman–Crippen MR) is 158 cm³/mol. The smallest absolute Gasteiger partial charge is 0.311 e. The van der Waals surface area contributed by atoms with Crippen LogP contribution in [0.1, 0.15) is 38.3 Å². The minimum atomic E-state index is -0.501. The van der Waals surface area contributed by atoms with Crippen LogP contribution in [0.4, 0.5) is 0 Å². The van der Waals surface area contributed by atoms with Crippen LogP contribution >= 0.6 is 35.3 Å². The molecule has 7 heteroatoms. The number of rotatable bonds is 13. The highest BCUT2D eigenvalue weighted by molar-refractivity contribution is 8.17. The Morgan fingerprint density at radius 1 is 0.865 bits per heavy atom. The van der Waals surface area contributed by atoms with Gasteiger partial charge in [-0.1, -0.05) is 49.0 Å². The zero-order valence-corrected chi connectivity index (χ0v) is 24.9. The number of esters is 1. The van der Waals surface area contributed by atoms with Crippen molar-refractivity contribution in [3.05, 3.63) is 83.9 Å². The molecule has 0 aromatic heterocycles. The van der Waals surface area contributed by atoms with E-state index < -0.39 is 9.49 Å². The van der Waals surface area contributed by atoms with Crippen molar-refractivity contribution in [3.63, 3.8) is 0 Å². The fourth-order valence-electron chi connectivity index (χ4n) is 3.71. The highest BCUT2D eigenvalue weighted by Gasteiger charge is 2.36. The molecule has 0 spiro atoms. The molecule has 0 aliphatic carbocycles. The normalized spacial score (nSPS) is 11.7. The van der Waals surface area contributed by atoms with Crippen LogP contribution in [0, 0.1) is 5.41 Å². The molecular formula is C30H36O4S3. The molecule has 0 bridgehead atoms. The van der Waals surface area contributed by atoms with Crippen molar-refractivity contribution in [3.8, 4) is 11.5 Å². The average Bonchev–Trinajstić information content (AvgIpc) is 2.93. The third kappa shape index (κ3) is 7.21. The average molecular weight is 557 g/mol. The van der Waals surface area contributed by atoms with Crippen molar-refractivity contribution in [2.75, 3.05) is 32.8 Å². The maximum Gasteiger partial charge on any atom is 0.311 e. The molecular weight excluding hydrogens is 521 g/mol. The second-order valence-corrected chi connectivity index (χ2v) is 12.5. The van der Waals surface area contributed by atoms with E-state index in [1.54, 1.807) is 42.4 Å². The first-order chi connectivity index (χ1) is 17.8. The minimum Gasteiger partial charge on any atom is -0.497 e. The van der Waals surface area contributed by atoms with Crippen LogP contribution < -0.4 is 9.47 Å². The molecule has 0 saturated heterocycles. The number of carbonyl (C=O) groups excluding carboxylic acids is 1. The lowest BCUT2D eigenvalue weighted by Crippen LogP contribution is -2.27. The third-order valence-corrected chi connectivity index (χ3v) is 10.4. The Kier molecular flexibility index (Phi) is 10.7. The van der Waals surface area contributed by atoms with E-state index in [2.05, 4.69) is 67.1 Å². The summed E-state index contributed by atoms with van der Waals surface area (Å²) in [5.41, 5.74) is 1.71. The molecule has 4 nitrogen and oxygen atoms in total.